The lowest BCUT2D eigenvalue weighted by molar-refractivity contribution is 0.00415. The number of fused-ring (bicyclic) bond motifs is 1. The summed E-state index contributed by atoms with van der Waals surface area (Å²) in [6, 6.07) is 12.9. The summed E-state index contributed by atoms with van der Waals surface area (Å²) < 4.78 is 21.8. The number of hydrogen-bond acceptors (Lipinski definition) is 3. The molecule has 0 N–H and O–H groups in total. The fourth-order valence-corrected chi connectivity index (χ4v) is 5.03. The molecule has 1 saturated heterocycles. The average molecular weight is 418 g/mol. The molecule has 1 aliphatic heterocycles. The van der Waals surface area contributed by atoms with E-state index in [1.54, 1.807) is 17.3 Å². The monoisotopic (exact) mass is 418 g/mol. The van der Waals surface area contributed by atoms with Crippen molar-refractivity contribution < 1.29 is 13.9 Å². The quantitative estimate of drug-likeness (QED) is 0.540. The topological polar surface area (TPSA) is 51.7 Å². The first kappa shape index (κ1) is 19.6. The maximum Gasteiger partial charge on any atom is 0.410 e. The smallest absolute Gasteiger partial charge is 0.410 e. The highest BCUT2D eigenvalue weighted by atomic mass is 19.1. The van der Waals surface area contributed by atoms with Gasteiger partial charge in [0.15, 0.2) is 0 Å². The summed E-state index contributed by atoms with van der Waals surface area (Å²) >= 11 is 0. The van der Waals surface area contributed by atoms with E-state index in [9.17, 15) is 9.18 Å². The van der Waals surface area contributed by atoms with E-state index in [4.69, 9.17) is 11.3 Å². The van der Waals surface area contributed by atoms with Gasteiger partial charge in [-0.1, -0.05) is 30.3 Å². The Kier molecular flexibility index (Phi) is 4.85. The third kappa shape index (κ3) is 3.74. The van der Waals surface area contributed by atoms with Gasteiger partial charge in [-0.25, -0.2) is 19.0 Å². The highest BCUT2D eigenvalue weighted by Crippen LogP contribution is 2.41. The summed E-state index contributed by atoms with van der Waals surface area (Å²) in [5, 5.41) is 0. The van der Waals surface area contributed by atoms with Crippen LogP contribution in [0.15, 0.2) is 48.8 Å². The number of halogens is 1. The SMILES string of the molecule is [C-]#[N+]c1cc2c(cc1F)ncn2C[C@H]1CCC[C@]2(C1)CN(Cc1ccccc1)C(=O)O2. The molecule has 5 rings (SSSR count). The molecular weight excluding hydrogens is 395 g/mol. The van der Waals surface area contributed by atoms with Crippen LogP contribution in [0, 0.1) is 18.3 Å². The molecule has 0 unspecified atom stereocenters. The van der Waals surface area contributed by atoms with E-state index in [1.165, 1.54) is 6.07 Å². The summed E-state index contributed by atoms with van der Waals surface area (Å²) in [5.41, 5.74) is 1.98. The van der Waals surface area contributed by atoms with Crippen LogP contribution >= 0.6 is 0 Å². The average Bonchev–Trinajstić information content (AvgIpc) is 3.28. The summed E-state index contributed by atoms with van der Waals surface area (Å²) in [5.74, 6) is -0.224. The van der Waals surface area contributed by atoms with Crippen molar-refractivity contribution in [3.8, 4) is 0 Å². The number of carbonyl (C=O) groups excluding carboxylic acids is 1. The third-order valence-corrected chi connectivity index (χ3v) is 6.43. The Hall–Kier alpha value is -3.40. The number of carbonyl (C=O) groups is 1. The Labute approximate surface area is 180 Å². The van der Waals surface area contributed by atoms with Crippen molar-refractivity contribution in [2.75, 3.05) is 6.54 Å². The highest BCUT2D eigenvalue weighted by molar-refractivity contribution is 5.80. The van der Waals surface area contributed by atoms with Gasteiger partial charge in [0.25, 0.3) is 0 Å². The maximum atomic E-state index is 13.9. The molecule has 6 nitrogen and oxygen atoms in total. The van der Waals surface area contributed by atoms with Crippen molar-refractivity contribution in [1.82, 2.24) is 14.5 Å². The predicted molar refractivity (Wildman–Crippen MR) is 114 cm³/mol. The second-order valence-electron chi connectivity index (χ2n) is 8.66. The van der Waals surface area contributed by atoms with Crippen LogP contribution in [0.1, 0.15) is 31.2 Å². The van der Waals surface area contributed by atoms with Gasteiger partial charge in [-0.3, -0.25) is 4.90 Å². The Balaban J connectivity index is 1.31. The Morgan fingerprint density at radius 2 is 2.13 bits per heavy atom. The van der Waals surface area contributed by atoms with Crippen LogP contribution in [0.4, 0.5) is 14.9 Å². The van der Waals surface area contributed by atoms with Crippen LogP contribution < -0.4 is 0 Å². The molecule has 2 heterocycles. The minimum Gasteiger partial charge on any atom is -0.441 e. The first-order chi connectivity index (χ1) is 15.0. The van der Waals surface area contributed by atoms with E-state index in [0.717, 1.165) is 36.8 Å². The lowest BCUT2D eigenvalue weighted by Crippen LogP contribution is -2.40. The van der Waals surface area contributed by atoms with Gasteiger partial charge in [0.2, 0.25) is 5.69 Å². The fraction of sp³-hybridized carbons (Fsp3) is 0.375. The van der Waals surface area contributed by atoms with Crippen molar-refractivity contribution in [1.29, 1.82) is 0 Å². The van der Waals surface area contributed by atoms with Crippen LogP contribution in [0.25, 0.3) is 15.9 Å². The lowest BCUT2D eigenvalue weighted by atomic mass is 9.78. The van der Waals surface area contributed by atoms with E-state index >= 15 is 0 Å². The zero-order chi connectivity index (χ0) is 21.4. The number of imidazole rings is 1. The number of nitrogens with zero attached hydrogens (tertiary/aromatic N) is 4. The van der Waals surface area contributed by atoms with E-state index in [-0.39, 0.29) is 11.8 Å². The minimum absolute atomic E-state index is 0.00985. The molecule has 0 radical (unpaired) electrons. The van der Waals surface area contributed by atoms with Gasteiger partial charge in [-0.2, -0.15) is 0 Å². The number of aromatic nitrogens is 2. The Morgan fingerprint density at radius 3 is 2.94 bits per heavy atom. The van der Waals surface area contributed by atoms with Crippen molar-refractivity contribution in [3.05, 3.63) is 71.6 Å². The van der Waals surface area contributed by atoms with Crippen molar-refractivity contribution in [3.63, 3.8) is 0 Å². The van der Waals surface area contributed by atoms with Gasteiger partial charge in [0, 0.05) is 13.1 Å². The summed E-state index contributed by atoms with van der Waals surface area (Å²) in [7, 11) is 0. The molecule has 2 fully saturated rings. The number of ether oxygens (including phenoxy) is 1. The number of amides is 1. The van der Waals surface area contributed by atoms with Gasteiger partial charge < -0.3 is 9.30 Å². The van der Waals surface area contributed by atoms with Crippen LogP contribution in [-0.2, 0) is 17.8 Å². The molecule has 1 amide bonds. The number of benzene rings is 2. The van der Waals surface area contributed by atoms with Crippen LogP contribution in [0.2, 0.25) is 0 Å². The molecule has 2 atom stereocenters. The predicted octanol–water partition coefficient (Wildman–Crippen LogP) is 5.31. The second kappa shape index (κ2) is 7.69. The standard InChI is InChI=1S/C24H23FN4O2/c1-26-20-11-22-21(10-19(20)25)27-16-29(22)14-18-8-5-9-24(12-18)15-28(23(30)31-24)13-17-6-3-2-4-7-17/h2-4,6-7,10-11,16,18H,5,8-9,12-15H2/t18-,24-/m0/s1. The van der Waals surface area contributed by atoms with Crippen molar-refractivity contribution in [2.24, 2.45) is 5.92 Å². The largest absolute Gasteiger partial charge is 0.441 e. The normalized spacial score (nSPS) is 23.3. The van der Waals surface area contributed by atoms with Crippen LogP contribution in [-0.4, -0.2) is 32.7 Å². The molecular formula is C24H23FN4O2. The van der Waals surface area contributed by atoms with Gasteiger partial charge >= 0.3 is 6.09 Å². The Morgan fingerprint density at radius 1 is 1.29 bits per heavy atom. The summed E-state index contributed by atoms with van der Waals surface area (Å²) in [4.78, 5) is 22.0. The Bertz CT molecular complexity index is 1170. The van der Waals surface area contributed by atoms with E-state index < -0.39 is 11.4 Å². The number of rotatable bonds is 4. The van der Waals surface area contributed by atoms with Crippen molar-refractivity contribution >= 4 is 22.8 Å². The zero-order valence-corrected chi connectivity index (χ0v) is 17.1. The fourth-order valence-electron chi connectivity index (χ4n) is 5.03. The van der Waals surface area contributed by atoms with Gasteiger partial charge in [-0.15, -0.1) is 0 Å². The molecule has 1 saturated carbocycles. The third-order valence-electron chi connectivity index (χ3n) is 6.43. The van der Waals surface area contributed by atoms with E-state index in [2.05, 4.69) is 9.83 Å². The number of hydrogen-bond donors (Lipinski definition) is 0. The molecule has 31 heavy (non-hydrogen) atoms. The molecule has 7 heteroatoms. The van der Waals surface area contributed by atoms with Gasteiger partial charge in [-0.05, 0) is 49.3 Å². The van der Waals surface area contributed by atoms with Crippen molar-refractivity contribution in [2.45, 2.75) is 44.4 Å². The molecule has 2 aromatic carbocycles. The molecule has 3 aromatic rings. The van der Waals surface area contributed by atoms with E-state index in [0.29, 0.717) is 31.1 Å². The van der Waals surface area contributed by atoms with Gasteiger partial charge in [0.1, 0.15) is 11.4 Å². The summed E-state index contributed by atoms with van der Waals surface area (Å²) in [6.07, 6.45) is 5.16. The summed E-state index contributed by atoms with van der Waals surface area (Å²) in [6.45, 7) is 9.04. The molecule has 1 aliphatic carbocycles. The highest BCUT2D eigenvalue weighted by Gasteiger charge is 2.47. The lowest BCUT2D eigenvalue weighted by Gasteiger charge is -2.36. The first-order valence-electron chi connectivity index (χ1n) is 10.6. The first-order valence-corrected chi connectivity index (χ1v) is 10.6. The molecule has 1 aromatic heterocycles. The molecule has 0 bridgehead atoms. The van der Waals surface area contributed by atoms with Crippen LogP contribution in [0.5, 0.6) is 0 Å². The maximum absolute atomic E-state index is 13.9. The second-order valence-corrected chi connectivity index (χ2v) is 8.66. The van der Waals surface area contributed by atoms with Gasteiger partial charge in [0.05, 0.1) is 30.5 Å². The molecule has 158 valence electrons. The zero-order valence-electron chi connectivity index (χ0n) is 17.1. The van der Waals surface area contributed by atoms with Crippen LogP contribution in [0.3, 0.4) is 0 Å². The van der Waals surface area contributed by atoms with E-state index in [1.807, 2.05) is 34.9 Å². The molecule has 2 aliphatic rings. The molecule has 1 spiro atoms. The minimum atomic E-state index is -0.541.